The zero-order chi connectivity index (χ0) is 16.7. The van der Waals surface area contributed by atoms with Crippen LogP contribution in [-0.4, -0.2) is 35.2 Å². The molecule has 0 aliphatic heterocycles. The van der Waals surface area contributed by atoms with E-state index in [1.165, 1.54) is 23.1 Å². The van der Waals surface area contributed by atoms with Crippen LogP contribution in [0.5, 0.6) is 0 Å². The molecule has 2 aromatic rings. The molecule has 1 aromatic carbocycles. The number of halogens is 2. The van der Waals surface area contributed by atoms with Crippen molar-refractivity contribution in [1.29, 1.82) is 0 Å². The van der Waals surface area contributed by atoms with Crippen molar-refractivity contribution in [3.05, 3.63) is 28.2 Å². The first-order chi connectivity index (χ1) is 11.1. The van der Waals surface area contributed by atoms with Crippen LogP contribution in [-0.2, 0) is 4.74 Å². The van der Waals surface area contributed by atoms with E-state index in [2.05, 4.69) is 20.8 Å². The molecular formula is C13H14Cl2N4O2S2. The maximum atomic E-state index is 11.9. The molecule has 0 atom stereocenters. The van der Waals surface area contributed by atoms with E-state index in [1.54, 1.807) is 18.2 Å². The second-order valence-electron chi connectivity index (χ2n) is 4.13. The number of ether oxygens (including phenoxy) is 1. The average molecular weight is 393 g/mol. The maximum absolute atomic E-state index is 11.9. The van der Waals surface area contributed by atoms with Gasteiger partial charge in [0, 0.05) is 18.0 Å². The Hall–Kier alpha value is -1.06. The standard InChI is InChI=1S/C13H14Cl2N4O2S2/c1-2-21-5-6-22-13-19-18-12(23-13)17-11(20)16-8-3-4-9(14)10(15)7-8/h3-4,7H,2,5-6H2,1H3,(H2,16,17,18,20). The van der Waals surface area contributed by atoms with Crippen molar-refractivity contribution in [3.8, 4) is 0 Å². The normalized spacial score (nSPS) is 10.6. The molecule has 2 amide bonds. The lowest BCUT2D eigenvalue weighted by Crippen LogP contribution is -2.19. The average Bonchev–Trinajstić information content (AvgIpc) is 2.95. The highest BCUT2D eigenvalue weighted by Crippen LogP contribution is 2.26. The van der Waals surface area contributed by atoms with Crippen molar-refractivity contribution in [1.82, 2.24) is 10.2 Å². The van der Waals surface area contributed by atoms with Crippen LogP contribution < -0.4 is 10.6 Å². The van der Waals surface area contributed by atoms with Gasteiger partial charge in [-0.1, -0.05) is 46.3 Å². The van der Waals surface area contributed by atoms with E-state index in [0.717, 1.165) is 10.1 Å². The molecule has 10 heteroatoms. The second kappa shape index (κ2) is 9.29. The molecule has 0 unspecified atom stereocenters. The summed E-state index contributed by atoms with van der Waals surface area (Å²) in [5, 5.41) is 14.4. The van der Waals surface area contributed by atoms with Crippen molar-refractivity contribution in [2.45, 2.75) is 11.3 Å². The molecular weight excluding hydrogens is 379 g/mol. The molecule has 124 valence electrons. The largest absolute Gasteiger partial charge is 0.381 e. The number of benzene rings is 1. The van der Waals surface area contributed by atoms with Gasteiger partial charge in [-0.15, -0.1) is 10.2 Å². The molecule has 1 aromatic heterocycles. The fraction of sp³-hybridized carbons (Fsp3) is 0.308. The molecule has 0 bridgehead atoms. The molecule has 1 heterocycles. The minimum Gasteiger partial charge on any atom is -0.381 e. The van der Waals surface area contributed by atoms with Gasteiger partial charge in [-0.3, -0.25) is 5.32 Å². The summed E-state index contributed by atoms with van der Waals surface area (Å²) in [6.07, 6.45) is 0. The van der Waals surface area contributed by atoms with Gasteiger partial charge in [0.15, 0.2) is 4.34 Å². The summed E-state index contributed by atoms with van der Waals surface area (Å²) in [4.78, 5) is 11.9. The van der Waals surface area contributed by atoms with Gasteiger partial charge >= 0.3 is 6.03 Å². The van der Waals surface area contributed by atoms with Gasteiger partial charge in [0.1, 0.15) is 0 Å². The monoisotopic (exact) mass is 392 g/mol. The van der Waals surface area contributed by atoms with Gasteiger partial charge in [0.25, 0.3) is 0 Å². The summed E-state index contributed by atoms with van der Waals surface area (Å²) in [5.74, 6) is 0.790. The van der Waals surface area contributed by atoms with Gasteiger partial charge in [0.05, 0.1) is 16.7 Å². The number of hydrogen-bond donors (Lipinski definition) is 2. The summed E-state index contributed by atoms with van der Waals surface area (Å²) in [6, 6.07) is 4.41. The zero-order valence-electron chi connectivity index (χ0n) is 12.1. The van der Waals surface area contributed by atoms with E-state index in [9.17, 15) is 4.79 Å². The van der Waals surface area contributed by atoms with Crippen molar-refractivity contribution in [2.24, 2.45) is 0 Å². The lowest BCUT2D eigenvalue weighted by molar-refractivity contribution is 0.164. The van der Waals surface area contributed by atoms with Gasteiger partial charge < -0.3 is 10.1 Å². The SMILES string of the molecule is CCOCCSc1nnc(NC(=O)Nc2ccc(Cl)c(Cl)c2)s1. The molecule has 0 fully saturated rings. The first-order valence-corrected chi connectivity index (χ1v) is 9.21. The Kier molecular flexibility index (Phi) is 7.38. The smallest absolute Gasteiger partial charge is 0.325 e. The number of carbonyl (C=O) groups is 1. The summed E-state index contributed by atoms with van der Waals surface area (Å²) in [7, 11) is 0. The number of urea groups is 1. The highest BCUT2D eigenvalue weighted by atomic mass is 35.5. The summed E-state index contributed by atoms with van der Waals surface area (Å²) >= 11 is 14.6. The van der Waals surface area contributed by atoms with Crippen LogP contribution in [0.15, 0.2) is 22.5 Å². The topological polar surface area (TPSA) is 76.1 Å². The van der Waals surface area contributed by atoms with E-state index >= 15 is 0 Å². The first-order valence-electron chi connectivity index (χ1n) is 6.65. The third-order valence-corrected chi connectivity index (χ3v) is 5.14. The van der Waals surface area contributed by atoms with E-state index in [0.29, 0.717) is 34.1 Å². The number of amides is 2. The lowest BCUT2D eigenvalue weighted by Gasteiger charge is -2.05. The molecule has 0 aliphatic carbocycles. The van der Waals surface area contributed by atoms with Gasteiger partial charge in [-0.25, -0.2) is 4.79 Å². The third-order valence-electron chi connectivity index (χ3n) is 2.46. The number of carbonyl (C=O) groups excluding carboxylic acids is 1. The molecule has 6 nitrogen and oxygen atoms in total. The number of aromatic nitrogens is 2. The van der Waals surface area contributed by atoms with Crippen molar-refractivity contribution in [3.63, 3.8) is 0 Å². The highest BCUT2D eigenvalue weighted by Gasteiger charge is 2.09. The molecule has 0 saturated heterocycles. The fourth-order valence-electron chi connectivity index (χ4n) is 1.48. The van der Waals surface area contributed by atoms with Crippen LogP contribution >= 0.6 is 46.3 Å². The second-order valence-corrected chi connectivity index (χ2v) is 7.26. The quantitative estimate of drug-likeness (QED) is 0.408. The van der Waals surface area contributed by atoms with Crippen LogP contribution in [0.1, 0.15) is 6.92 Å². The van der Waals surface area contributed by atoms with E-state index in [-0.39, 0.29) is 0 Å². The number of hydrogen-bond acceptors (Lipinski definition) is 6. The Balaban J connectivity index is 1.83. The minimum atomic E-state index is -0.426. The molecule has 2 N–H and O–H groups in total. The van der Waals surface area contributed by atoms with E-state index < -0.39 is 6.03 Å². The minimum absolute atomic E-state index is 0.369. The van der Waals surface area contributed by atoms with Crippen LogP contribution in [0.4, 0.5) is 15.6 Å². The highest BCUT2D eigenvalue weighted by molar-refractivity contribution is 8.01. The van der Waals surface area contributed by atoms with Crippen LogP contribution in [0, 0.1) is 0 Å². The summed E-state index contributed by atoms with van der Waals surface area (Å²) < 4.78 is 6.02. The predicted octanol–water partition coefficient (Wildman–Crippen LogP) is 4.62. The Morgan fingerprint density at radius 3 is 2.87 bits per heavy atom. The van der Waals surface area contributed by atoms with Crippen LogP contribution in [0.2, 0.25) is 10.0 Å². The maximum Gasteiger partial charge on any atom is 0.325 e. The van der Waals surface area contributed by atoms with Crippen molar-refractivity contribution < 1.29 is 9.53 Å². The van der Waals surface area contributed by atoms with Gasteiger partial charge in [-0.05, 0) is 25.1 Å². The summed E-state index contributed by atoms with van der Waals surface area (Å²) in [5.41, 5.74) is 0.535. The number of thioether (sulfide) groups is 1. The zero-order valence-corrected chi connectivity index (χ0v) is 15.3. The molecule has 23 heavy (non-hydrogen) atoms. The number of nitrogens with zero attached hydrogens (tertiary/aromatic N) is 2. The van der Waals surface area contributed by atoms with Crippen LogP contribution in [0.3, 0.4) is 0 Å². The molecule has 0 spiro atoms. The number of anilines is 2. The number of rotatable bonds is 7. The first kappa shape index (κ1) is 18.3. The molecule has 0 saturated carbocycles. The fourth-order valence-corrected chi connectivity index (χ4v) is 3.45. The van der Waals surface area contributed by atoms with Crippen molar-refractivity contribution >= 4 is 63.2 Å². The Bertz CT molecular complexity index is 669. The van der Waals surface area contributed by atoms with Gasteiger partial charge in [-0.2, -0.15) is 0 Å². The summed E-state index contributed by atoms with van der Waals surface area (Å²) in [6.45, 7) is 3.30. The molecule has 0 aliphatic rings. The predicted molar refractivity (Wildman–Crippen MR) is 96.2 cm³/mol. The Morgan fingerprint density at radius 1 is 1.30 bits per heavy atom. The van der Waals surface area contributed by atoms with Crippen LogP contribution in [0.25, 0.3) is 0 Å². The van der Waals surface area contributed by atoms with E-state index in [1.807, 2.05) is 6.92 Å². The third kappa shape index (κ3) is 6.15. The molecule has 0 radical (unpaired) electrons. The number of nitrogens with one attached hydrogen (secondary N) is 2. The van der Waals surface area contributed by atoms with Crippen molar-refractivity contribution in [2.75, 3.05) is 29.6 Å². The Morgan fingerprint density at radius 2 is 2.13 bits per heavy atom. The van der Waals surface area contributed by atoms with E-state index in [4.69, 9.17) is 27.9 Å². The Labute approximate surface area is 151 Å². The van der Waals surface area contributed by atoms with Gasteiger partial charge in [0.2, 0.25) is 5.13 Å². The molecule has 2 rings (SSSR count). The lowest BCUT2D eigenvalue weighted by atomic mass is 10.3.